The number of carbonyl (C=O) groups is 2. The summed E-state index contributed by atoms with van der Waals surface area (Å²) in [5, 5.41) is 4.18. The molecular weight excluding hydrogens is 372 g/mol. The van der Waals surface area contributed by atoms with Crippen LogP contribution < -0.4 is 5.32 Å². The van der Waals surface area contributed by atoms with Crippen molar-refractivity contribution in [3.05, 3.63) is 45.4 Å². The lowest BCUT2D eigenvalue weighted by molar-refractivity contribution is -0.148. The number of amides is 1. The van der Waals surface area contributed by atoms with Gasteiger partial charge in [-0.3, -0.25) is 9.59 Å². The molecule has 138 valence electrons. The third-order valence-electron chi connectivity index (χ3n) is 4.36. The fourth-order valence-electron chi connectivity index (χ4n) is 2.98. The topological polar surface area (TPSA) is 68.3 Å². The number of anilines is 1. The first-order chi connectivity index (χ1) is 12.5. The third-order valence-corrected chi connectivity index (χ3v) is 5.65. The van der Waals surface area contributed by atoms with Crippen LogP contribution in [-0.2, 0) is 33.6 Å². The van der Waals surface area contributed by atoms with Gasteiger partial charge in [-0.25, -0.2) is 4.98 Å². The zero-order valence-corrected chi connectivity index (χ0v) is 16.2. The van der Waals surface area contributed by atoms with Gasteiger partial charge in [-0.2, -0.15) is 0 Å². The molecule has 1 aromatic heterocycles. The van der Waals surface area contributed by atoms with Crippen molar-refractivity contribution in [3.63, 3.8) is 0 Å². The molecular formula is C19H21ClN2O3S. The second-order valence-electron chi connectivity index (χ2n) is 6.26. The molecule has 0 bridgehead atoms. The molecule has 1 amide bonds. The number of benzene rings is 1. The van der Waals surface area contributed by atoms with E-state index in [1.807, 2.05) is 31.2 Å². The van der Waals surface area contributed by atoms with Crippen molar-refractivity contribution in [3.8, 4) is 0 Å². The van der Waals surface area contributed by atoms with Crippen LogP contribution in [0.5, 0.6) is 0 Å². The first-order valence-electron chi connectivity index (χ1n) is 8.74. The quantitative estimate of drug-likeness (QED) is 0.753. The highest BCUT2D eigenvalue weighted by Gasteiger charge is 2.28. The van der Waals surface area contributed by atoms with Crippen LogP contribution in [0.1, 0.15) is 35.9 Å². The summed E-state index contributed by atoms with van der Waals surface area (Å²) in [5.74, 6) is -0.301. The molecule has 26 heavy (non-hydrogen) atoms. The molecule has 0 spiro atoms. The number of esters is 1. The smallest absolute Gasteiger partial charge is 0.309 e. The summed E-state index contributed by atoms with van der Waals surface area (Å²) < 4.78 is 5.12. The number of ether oxygens (including phenoxy) is 1. The van der Waals surface area contributed by atoms with Crippen molar-refractivity contribution in [1.82, 2.24) is 4.98 Å². The average Bonchev–Trinajstić information content (AvgIpc) is 3.02. The van der Waals surface area contributed by atoms with Crippen LogP contribution in [0.15, 0.2) is 24.3 Å². The van der Waals surface area contributed by atoms with Gasteiger partial charge in [0.1, 0.15) is 0 Å². The van der Waals surface area contributed by atoms with Crippen molar-refractivity contribution in [2.24, 2.45) is 5.92 Å². The zero-order chi connectivity index (χ0) is 18.5. The maximum atomic E-state index is 12.2. The molecule has 1 aromatic carbocycles. The minimum absolute atomic E-state index is 0.0620. The number of thiazole rings is 1. The van der Waals surface area contributed by atoms with E-state index in [9.17, 15) is 9.59 Å². The van der Waals surface area contributed by atoms with Gasteiger partial charge in [0.15, 0.2) is 5.13 Å². The van der Waals surface area contributed by atoms with E-state index in [0.29, 0.717) is 36.0 Å². The van der Waals surface area contributed by atoms with Gasteiger partial charge in [0.05, 0.1) is 18.2 Å². The molecule has 0 radical (unpaired) electrons. The number of hydrogen-bond acceptors (Lipinski definition) is 5. The van der Waals surface area contributed by atoms with Crippen molar-refractivity contribution in [1.29, 1.82) is 0 Å². The summed E-state index contributed by atoms with van der Waals surface area (Å²) in [5.41, 5.74) is 2.06. The van der Waals surface area contributed by atoms with Gasteiger partial charge in [-0.1, -0.05) is 23.7 Å². The number of fused-ring (bicyclic) bond motifs is 1. The van der Waals surface area contributed by atoms with Gasteiger partial charge in [-0.15, -0.1) is 11.3 Å². The number of aryl methyl sites for hydroxylation is 2. The largest absolute Gasteiger partial charge is 0.466 e. The van der Waals surface area contributed by atoms with Gasteiger partial charge in [0.2, 0.25) is 5.91 Å². The van der Waals surface area contributed by atoms with Gasteiger partial charge in [-0.05, 0) is 50.3 Å². The van der Waals surface area contributed by atoms with Crippen molar-refractivity contribution in [2.75, 3.05) is 11.9 Å². The van der Waals surface area contributed by atoms with E-state index in [1.54, 1.807) is 0 Å². The summed E-state index contributed by atoms with van der Waals surface area (Å²) in [4.78, 5) is 29.7. The van der Waals surface area contributed by atoms with Gasteiger partial charge in [0, 0.05) is 16.3 Å². The van der Waals surface area contributed by atoms with Gasteiger partial charge >= 0.3 is 5.97 Å². The summed E-state index contributed by atoms with van der Waals surface area (Å²) in [6.45, 7) is 2.22. The van der Waals surface area contributed by atoms with Gasteiger partial charge in [0.25, 0.3) is 0 Å². The highest BCUT2D eigenvalue weighted by molar-refractivity contribution is 7.15. The van der Waals surface area contributed by atoms with E-state index in [-0.39, 0.29) is 17.8 Å². The maximum Gasteiger partial charge on any atom is 0.309 e. The van der Waals surface area contributed by atoms with Crippen LogP contribution in [0, 0.1) is 5.92 Å². The second-order valence-corrected chi connectivity index (χ2v) is 7.78. The molecule has 1 aliphatic carbocycles. The van der Waals surface area contributed by atoms with E-state index in [1.165, 1.54) is 11.3 Å². The Morgan fingerprint density at radius 2 is 2.12 bits per heavy atom. The first-order valence-corrected chi connectivity index (χ1v) is 9.94. The second kappa shape index (κ2) is 8.64. The number of nitrogens with one attached hydrogen (secondary N) is 1. The number of nitrogens with zero attached hydrogens (tertiary/aromatic N) is 1. The average molecular weight is 393 g/mol. The molecule has 2 aromatic rings. The molecule has 1 unspecified atom stereocenters. The van der Waals surface area contributed by atoms with Crippen LogP contribution in [0.4, 0.5) is 5.13 Å². The van der Waals surface area contributed by atoms with Crippen molar-refractivity contribution in [2.45, 2.75) is 39.0 Å². The molecule has 1 atom stereocenters. The number of aromatic nitrogens is 1. The summed E-state index contributed by atoms with van der Waals surface area (Å²) in [7, 11) is 0. The molecule has 1 aliphatic rings. The predicted octanol–water partition coefficient (Wildman–Crippen LogP) is 4.04. The summed E-state index contributed by atoms with van der Waals surface area (Å²) >= 11 is 7.32. The third kappa shape index (κ3) is 4.83. The fourth-order valence-corrected chi connectivity index (χ4v) is 4.21. The van der Waals surface area contributed by atoms with E-state index in [4.69, 9.17) is 16.3 Å². The Bertz CT molecular complexity index is 789. The standard InChI is InChI=1S/C19H21ClN2O3S/c1-2-25-18(24)13-6-9-15-16(11-13)26-19(21-15)22-17(23)10-5-12-3-7-14(20)8-4-12/h3-4,7-8,13H,2,5-6,9-11H2,1H3,(H,21,22,23). The van der Waals surface area contributed by atoms with E-state index < -0.39 is 0 Å². The minimum atomic E-state index is -0.139. The van der Waals surface area contributed by atoms with Crippen LogP contribution in [-0.4, -0.2) is 23.5 Å². The molecule has 0 fully saturated rings. The lowest BCUT2D eigenvalue weighted by Gasteiger charge is -2.18. The zero-order valence-electron chi connectivity index (χ0n) is 14.6. The molecule has 0 aliphatic heterocycles. The van der Waals surface area contributed by atoms with E-state index in [0.717, 1.165) is 29.0 Å². The predicted molar refractivity (Wildman–Crippen MR) is 103 cm³/mol. The first kappa shape index (κ1) is 18.9. The van der Waals surface area contributed by atoms with Crippen LogP contribution in [0.3, 0.4) is 0 Å². The number of rotatable bonds is 6. The maximum absolute atomic E-state index is 12.2. The molecule has 1 N–H and O–H groups in total. The molecule has 1 heterocycles. The number of halogens is 1. The van der Waals surface area contributed by atoms with Crippen LogP contribution in [0.2, 0.25) is 5.02 Å². The molecule has 0 saturated heterocycles. The van der Waals surface area contributed by atoms with Crippen LogP contribution in [0.25, 0.3) is 0 Å². The Balaban J connectivity index is 1.54. The molecule has 0 saturated carbocycles. The SMILES string of the molecule is CCOC(=O)C1CCc2nc(NC(=O)CCc3ccc(Cl)cc3)sc2C1. The Kier molecular flexibility index (Phi) is 6.27. The Hall–Kier alpha value is -1.92. The fraction of sp³-hybridized carbons (Fsp3) is 0.421. The summed E-state index contributed by atoms with van der Waals surface area (Å²) in [6.07, 6.45) is 3.18. The van der Waals surface area contributed by atoms with Crippen molar-refractivity contribution < 1.29 is 14.3 Å². The minimum Gasteiger partial charge on any atom is -0.466 e. The number of carbonyl (C=O) groups excluding carboxylic acids is 2. The number of hydrogen-bond donors (Lipinski definition) is 1. The van der Waals surface area contributed by atoms with Crippen LogP contribution >= 0.6 is 22.9 Å². The Labute approximate surface area is 161 Å². The Morgan fingerprint density at radius 1 is 1.35 bits per heavy atom. The lowest BCUT2D eigenvalue weighted by atomic mass is 9.91. The molecule has 7 heteroatoms. The Morgan fingerprint density at radius 3 is 2.85 bits per heavy atom. The van der Waals surface area contributed by atoms with Crippen molar-refractivity contribution >= 4 is 39.9 Å². The highest BCUT2D eigenvalue weighted by atomic mass is 35.5. The lowest BCUT2D eigenvalue weighted by Crippen LogP contribution is -2.24. The van der Waals surface area contributed by atoms with Gasteiger partial charge < -0.3 is 10.1 Å². The van der Waals surface area contributed by atoms with E-state index in [2.05, 4.69) is 10.3 Å². The molecule has 5 nitrogen and oxygen atoms in total. The highest BCUT2D eigenvalue weighted by Crippen LogP contribution is 2.33. The monoisotopic (exact) mass is 392 g/mol. The van der Waals surface area contributed by atoms with E-state index >= 15 is 0 Å². The normalized spacial score (nSPS) is 16.0. The molecule has 3 rings (SSSR count). The summed E-state index contributed by atoms with van der Waals surface area (Å²) in [6, 6.07) is 7.49.